The average Bonchev–Trinajstić information content (AvgIpc) is 3.18. The Morgan fingerprint density at radius 3 is 2.70 bits per heavy atom. The molecule has 1 fully saturated rings. The number of hydrogen-bond acceptors (Lipinski definition) is 5. The summed E-state index contributed by atoms with van der Waals surface area (Å²) in [6.07, 6.45) is 0.487. The molecule has 2 aromatic rings. The molecular formula is C20H26BrN3O2S. The van der Waals surface area contributed by atoms with Crippen LogP contribution in [0.25, 0.3) is 0 Å². The molecule has 0 radical (unpaired) electrons. The summed E-state index contributed by atoms with van der Waals surface area (Å²) in [5.41, 5.74) is 1.25. The largest absolute Gasteiger partial charge is 0.497 e. The van der Waals surface area contributed by atoms with Crippen LogP contribution >= 0.6 is 27.3 Å². The van der Waals surface area contributed by atoms with Crippen molar-refractivity contribution in [1.82, 2.24) is 15.1 Å². The van der Waals surface area contributed by atoms with Gasteiger partial charge in [0, 0.05) is 55.2 Å². The molecule has 27 heavy (non-hydrogen) atoms. The van der Waals surface area contributed by atoms with Crippen molar-refractivity contribution in [3.63, 3.8) is 0 Å². The highest BCUT2D eigenvalue weighted by Gasteiger charge is 2.18. The topological polar surface area (TPSA) is 44.8 Å². The standard InChI is InChI=1S/C20H26BrN3O2S/c1-26-17-4-5-19(21)16(13-17)15-24-10-8-23(9-11-24)7-6-22-20(25)14-18-3-2-12-27-18/h2-5,12-13H,6-11,14-15H2,1H3,(H,22,25). The number of piperazine rings is 1. The van der Waals surface area contributed by atoms with Crippen LogP contribution in [-0.2, 0) is 17.8 Å². The number of nitrogens with one attached hydrogen (secondary N) is 1. The van der Waals surface area contributed by atoms with Gasteiger partial charge < -0.3 is 10.1 Å². The maximum atomic E-state index is 11.9. The Hall–Kier alpha value is -1.41. The number of rotatable bonds is 8. The second-order valence-corrected chi connectivity index (χ2v) is 8.57. The molecule has 1 aliphatic rings. The van der Waals surface area contributed by atoms with Gasteiger partial charge in [-0.15, -0.1) is 11.3 Å². The molecule has 0 unspecified atom stereocenters. The minimum Gasteiger partial charge on any atom is -0.497 e. The molecule has 3 rings (SSSR count). The van der Waals surface area contributed by atoms with Gasteiger partial charge in [0.25, 0.3) is 0 Å². The van der Waals surface area contributed by atoms with Crippen LogP contribution in [0.3, 0.4) is 0 Å². The first-order chi connectivity index (χ1) is 13.1. The van der Waals surface area contributed by atoms with Gasteiger partial charge in [0.1, 0.15) is 5.75 Å². The number of ether oxygens (including phenoxy) is 1. The Kier molecular flexibility index (Phi) is 7.70. The molecule has 0 aliphatic carbocycles. The number of methoxy groups -OCH3 is 1. The Balaban J connectivity index is 1.36. The molecule has 0 spiro atoms. The van der Waals surface area contributed by atoms with Gasteiger partial charge in [-0.05, 0) is 35.2 Å². The van der Waals surface area contributed by atoms with Gasteiger partial charge in [0.05, 0.1) is 13.5 Å². The summed E-state index contributed by atoms with van der Waals surface area (Å²) in [6.45, 7) is 6.67. The molecule has 1 aromatic carbocycles. The molecule has 1 aliphatic heterocycles. The second-order valence-electron chi connectivity index (χ2n) is 6.68. The minimum absolute atomic E-state index is 0.110. The van der Waals surface area contributed by atoms with Crippen LogP contribution in [0.15, 0.2) is 40.2 Å². The van der Waals surface area contributed by atoms with Gasteiger partial charge in [0.15, 0.2) is 0 Å². The van der Waals surface area contributed by atoms with E-state index in [-0.39, 0.29) is 5.91 Å². The van der Waals surface area contributed by atoms with Crippen LogP contribution < -0.4 is 10.1 Å². The van der Waals surface area contributed by atoms with E-state index in [1.165, 1.54) is 5.56 Å². The predicted octanol–water partition coefficient (Wildman–Crippen LogP) is 3.00. The quantitative estimate of drug-likeness (QED) is 0.669. The van der Waals surface area contributed by atoms with Crippen molar-refractivity contribution in [2.75, 3.05) is 46.4 Å². The summed E-state index contributed by atoms with van der Waals surface area (Å²) in [5.74, 6) is 1.00. The maximum absolute atomic E-state index is 11.9. The van der Waals surface area contributed by atoms with Gasteiger partial charge in [-0.1, -0.05) is 22.0 Å². The molecule has 5 nitrogen and oxygen atoms in total. The van der Waals surface area contributed by atoms with Crippen molar-refractivity contribution in [2.45, 2.75) is 13.0 Å². The van der Waals surface area contributed by atoms with E-state index in [2.05, 4.69) is 37.1 Å². The average molecular weight is 452 g/mol. The van der Waals surface area contributed by atoms with Crippen LogP contribution in [0.1, 0.15) is 10.4 Å². The number of benzene rings is 1. The number of carbonyl (C=O) groups is 1. The highest BCUT2D eigenvalue weighted by atomic mass is 79.9. The van der Waals surface area contributed by atoms with Crippen molar-refractivity contribution >= 4 is 33.2 Å². The van der Waals surface area contributed by atoms with Crippen molar-refractivity contribution in [3.8, 4) is 5.75 Å². The van der Waals surface area contributed by atoms with Crippen LogP contribution in [0.5, 0.6) is 5.75 Å². The fourth-order valence-electron chi connectivity index (χ4n) is 3.20. The van der Waals surface area contributed by atoms with Gasteiger partial charge in [-0.3, -0.25) is 14.6 Å². The third kappa shape index (κ3) is 6.31. The van der Waals surface area contributed by atoms with E-state index in [0.29, 0.717) is 13.0 Å². The fourth-order valence-corrected chi connectivity index (χ4v) is 4.27. The van der Waals surface area contributed by atoms with Crippen LogP contribution in [0, 0.1) is 0 Å². The Labute approximate surface area is 173 Å². The summed E-state index contributed by atoms with van der Waals surface area (Å²) in [4.78, 5) is 17.9. The zero-order valence-electron chi connectivity index (χ0n) is 15.6. The van der Waals surface area contributed by atoms with E-state index in [4.69, 9.17) is 4.74 Å². The lowest BCUT2D eigenvalue weighted by atomic mass is 10.2. The summed E-state index contributed by atoms with van der Waals surface area (Å²) in [7, 11) is 1.70. The van der Waals surface area contributed by atoms with Crippen LogP contribution in [0.2, 0.25) is 0 Å². The number of thiophene rings is 1. The third-order valence-electron chi connectivity index (χ3n) is 4.78. The molecule has 1 aromatic heterocycles. The second kappa shape index (κ2) is 10.2. The molecule has 0 bridgehead atoms. The highest BCUT2D eigenvalue weighted by molar-refractivity contribution is 9.10. The zero-order valence-corrected chi connectivity index (χ0v) is 18.0. The van der Waals surface area contributed by atoms with Gasteiger partial charge in [-0.25, -0.2) is 0 Å². The molecule has 1 amide bonds. The van der Waals surface area contributed by atoms with Crippen LogP contribution in [-0.4, -0.2) is 62.1 Å². The van der Waals surface area contributed by atoms with Gasteiger partial charge >= 0.3 is 0 Å². The monoisotopic (exact) mass is 451 g/mol. The zero-order chi connectivity index (χ0) is 19.1. The molecule has 2 heterocycles. The van der Waals surface area contributed by atoms with Crippen molar-refractivity contribution in [1.29, 1.82) is 0 Å². The number of hydrogen-bond donors (Lipinski definition) is 1. The molecule has 1 saturated heterocycles. The van der Waals surface area contributed by atoms with Crippen molar-refractivity contribution < 1.29 is 9.53 Å². The van der Waals surface area contributed by atoms with E-state index in [9.17, 15) is 4.79 Å². The molecular weight excluding hydrogens is 426 g/mol. The minimum atomic E-state index is 0.110. The number of amides is 1. The van der Waals surface area contributed by atoms with Crippen LogP contribution in [0.4, 0.5) is 0 Å². The van der Waals surface area contributed by atoms with Crippen molar-refractivity contribution in [3.05, 3.63) is 50.6 Å². The summed E-state index contributed by atoms with van der Waals surface area (Å²) in [6, 6.07) is 10.1. The number of nitrogens with zero attached hydrogens (tertiary/aromatic N) is 2. The fraction of sp³-hybridized carbons (Fsp3) is 0.450. The van der Waals surface area contributed by atoms with Gasteiger partial charge in [-0.2, -0.15) is 0 Å². The first kappa shape index (κ1) is 20.3. The SMILES string of the molecule is COc1ccc(Br)c(CN2CCN(CCNC(=O)Cc3cccs3)CC2)c1. The van der Waals surface area contributed by atoms with E-state index in [0.717, 1.165) is 54.4 Å². The summed E-state index contributed by atoms with van der Waals surface area (Å²) >= 11 is 5.26. The lowest BCUT2D eigenvalue weighted by Crippen LogP contribution is -2.48. The first-order valence-electron chi connectivity index (χ1n) is 9.20. The smallest absolute Gasteiger partial charge is 0.225 e. The lowest BCUT2D eigenvalue weighted by Gasteiger charge is -2.34. The van der Waals surface area contributed by atoms with E-state index in [1.54, 1.807) is 18.4 Å². The maximum Gasteiger partial charge on any atom is 0.225 e. The molecule has 146 valence electrons. The first-order valence-corrected chi connectivity index (χ1v) is 10.9. The Bertz CT molecular complexity index is 731. The molecule has 0 saturated carbocycles. The predicted molar refractivity (Wildman–Crippen MR) is 113 cm³/mol. The van der Waals surface area contributed by atoms with E-state index in [1.807, 2.05) is 29.6 Å². The summed E-state index contributed by atoms with van der Waals surface area (Å²) in [5, 5.41) is 5.04. The molecule has 7 heteroatoms. The number of halogens is 1. The lowest BCUT2D eigenvalue weighted by molar-refractivity contribution is -0.120. The summed E-state index contributed by atoms with van der Waals surface area (Å²) < 4.78 is 6.46. The van der Waals surface area contributed by atoms with E-state index >= 15 is 0 Å². The molecule has 1 N–H and O–H groups in total. The van der Waals surface area contributed by atoms with Gasteiger partial charge in [0.2, 0.25) is 5.91 Å². The van der Waals surface area contributed by atoms with Crippen molar-refractivity contribution in [2.24, 2.45) is 0 Å². The normalized spacial score (nSPS) is 15.6. The number of carbonyl (C=O) groups excluding carboxylic acids is 1. The Morgan fingerprint density at radius 2 is 2.00 bits per heavy atom. The third-order valence-corrected chi connectivity index (χ3v) is 6.43. The highest BCUT2D eigenvalue weighted by Crippen LogP contribution is 2.24. The van der Waals surface area contributed by atoms with E-state index < -0.39 is 0 Å². The molecule has 0 atom stereocenters. The Morgan fingerprint density at radius 1 is 1.22 bits per heavy atom.